The van der Waals surface area contributed by atoms with Crippen molar-refractivity contribution in [1.82, 2.24) is 16.2 Å². The molecule has 6 heteroatoms. The van der Waals surface area contributed by atoms with Crippen molar-refractivity contribution in [3.8, 4) is 0 Å². The van der Waals surface area contributed by atoms with Gasteiger partial charge in [-0.05, 0) is 57.9 Å². The Labute approximate surface area is 150 Å². The molecule has 0 aromatic carbocycles. The first-order valence-corrected chi connectivity index (χ1v) is 10.3. The maximum absolute atomic E-state index is 15.3. The largest absolute Gasteiger partial charge is 0.375 e. The van der Waals surface area contributed by atoms with Gasteiger partial charge >= 0.3 is 0 Å². The number of hydrazine groups is 1. The van der Waals surface area contributed by atoms with Crippen molar-refractivity contribution in [3.05, 3.63) is 0 Å². The van der Waals surface area contributed by atoms with E-state index < -0.39 is 6.17 Å². The van der Waals surface area contributed by atoms with Gasteiger partial charge in [-0.2, -0.15) is 0 Å². The second-order valence-corrected chi connectivity index (χ2v) is 8.57. The molecule has 0 aromatic rings. The van der Waals surface area contributed by atoms with Crippen LogP contribution in [0.15, 0.2) is 0 Å². The summed E-state index contributed by atoms with van der Waals surface area (Å²) in [5.74, 6) is 0.623. The number of hydrogen-bond acceptors (Lipinski definition) is 5. The van der Waals surface area contributed by atoms with Crippen molar-refractivity contribution in [2.24, 2.45) is 17.8 Å². The van der Waals surface area contributed by atoms with Crippen LogP contribution in [0.5, 0.6) is 0 Å². The second kappa shape index (κ2) is 8.17. The average Bonchev–Trinajstić information content (AvgIpc) is 3.01. The number of fused-ring (bicyclic) bond motifs is 4. The van der Waals surface area contributed by atoms with Crippen LogP contribution in [0.2, 0.25) is 0 Å². The van der Waals surface area contributed by atoms with Gasteiger partial charge in [-0.3, -0.25) is 16.2 Å². The second-order valence-electron chi connectivity index (χ2n) is 8.57. The molecule has 3 N–H and O–H groups in total. The third-order valence-electron chi connectivity index (χ3n) is 6.87. The molecular formula is C19H34FN3O2. The Morgan fingerprint density at radius 1 is 1.00 bits per heavy atom. The first kappa shape index (κ1) is 18.1. The highest BCUT2D eigenvalue weighted by atomic mass is 19.1. The van der Waals surface area contributed by atoms with Crippen molar-refractivity contribution >= 4 is 0 Å². The van der Waals surface area contributed by atoms with E-state index in [1.165, 1.54) is 0 Å². The van der Waals surface area contributed by atoms with Gasteiger partial charge in [0.25, 0.3) is 0 Å². The number of halogens is 1. The van der Waals surface area contributed by atoms with Crippen LogP contribution in [-0.4, -0.2) is 50.3 Å². The molecule has 4 rings (SSSR count). The van der Waals surface area contributed by atoms with E-state index in [0.29, 0.717) is 31.4 Å². The van der Waals surface area contributed by atoms with Gasteiger partial charge in [0.15, 0.2) is 0 Å². The minimum absolute atomic E-state index is 0.0427. The zero-order chi connectivity index (χ0) is 17.2. The van der Waals surface area contributed by atoms with E-state index in [9.17, 15) is 0 Å². The zero-order valence-electron chi connectivity index (χ0n) is 15.4. The van der Waals surface area contributed by atoms with Crippen LogP contribution in [0.4, 0.5) is 4.39 Å². The molecule has 25 heavy (non-hydrogen) atoms. The molecule has 4 aliphatic rings. The molecule has 2 heterocycles. The Morgan fingerprint density at radius 3 is 2.84 bits per heavy atom. The molecule has 0 radical (unpaired) electrons. The Balaban J connectivity index is 1.50. The molecule has 2 saturated heterocycles. The fourth-order valence-electron chi connectivity index (χ4n) is 5.49. The van der Waals surface area contributed by atoms with Gasteiger partial charge in [0, 0.05) is 23.9 Å². The van der Waals surface area contributed by atoms with E-state index >= 15 is 4.39 Å². The highest BCUT2D eigenvalue weighted by Gasteiger charge is 2.48. The monoisotopic (exact) mass is 355 g/mol. The molecule has 2 aliphatic heterocycles. The first-order chi connectivity index (χ1) is 12.2. The Hall–Kier alpha value is -0.270. The van der Waals surface area contributed by atoms with E-state index in [-0.39, 0.29) is 24.0 Å². The standard InChI is InChI=1S/C19H34FN3O2/c1-12-7-8-21-11-24-10-13-3-2-4-15(18(13)20)19-16-9-14(25-12)5-6-17(16)22-23-19/h12-19,21-23H,2-11H2,1H3/t12-,13?,14?,15?,16?,17?,18?,19?/m1/s1. The van der Waals surface area contributed by atoms with Crippen molar-refractivity contribution in [3.63, 3.8) is 0 Å². The molecule has 0 spiro atoms. The summed E-state index contributed by atoms with van der Waals surface area (Å²) >= 11 is 0. The third kappa shape index (κ3) is 4.03. The lowest BCUT2D eigenvalue weighted by atomic mass is 9.69. The summed E-state index contributed by atoms with van der Waals surface area (Å²) in [4.78, 5) is 0. The summed E-state index contributed by atoms with van der Waals surface area (Å²) in [5, 5.41) is 3.31. The van der Waals surface area contributed by atoms with Crippen molar-refractivity contribution in [2.75, 3.05) is 19.9 Å². The third-order valence-corrected chi connectivity index (χ3v) is 6.87. The lowest BCUT2D eigenvalue weighted by Gasteiger charge is -2.40. The molecular weight excluding hydrogens is 321 g/mol. The van der Waals surface area contributed by atoms with Crippen LogP contribution in [0.25, 0.3) is 0 Å². The van der Waals surface area contributed by atoms with Gasteiger partial charge in [0.2, 0.25) is 0 Å². The SMILES string of the molecule is C[C@@H]1CCNCOCC2CCCC(C2F)C2NNC3CCC(CC32)O1. The minimum atomic E-state index is -0.767. The minimum Gasteiger partial charge on any atom is -0.375 e. The number of nitrogens with one attached hydrogen (secondary N) is 3. The van der Waals surface area contributed by atoms with Crippen LogP contribution in [-0.2, 0) is 9.47 Å². The van der Waals surface area contributed by atoms with Gasteiger partial charge in [0.1, 0.15) is 6.17 Å². The Bertz CT molecular complexity index is 441. The van der Waals surface area contributed by atoms with E-state index in [1.54, 1.807) is 0 Å². The summed E-state index contributed by atoms with van der Waals surface area (Å²) in [6, 6.07) is 0.703. The normalized spacial score (nSPS) is 49.2. The lowest BCUT2D eigenvalue weighted by molar-refractivity contribution is -0.0430. The predicted molar refractivity (Wildman–Crippen MR) is 94.7 cm³/mol. The van der Waals surface area contributed by atoms with E-state index in [0.717, 1.165) is 51.5 Å². The maximum Gasteiger partial charge on any atom is 0.109 e. The molecule has 2 aliphatic carbocycles. The fourth-order valence-corrected chi connectivity index (χ4v) is 5.49. The highest BCUT2D eigenvalue weighted by molar-refractivity contribution is 5.01. The zero-order valence-corrected chi connectivity index (χ0v) is 15.4. The molecule has 144 valence electrons. The summed E-state index contributed by atoms with van der Waals surface area (Å²) in [6.45, 7) is 4.10. The van der Waals surface area contributed by atoms with E-state index in [2.05, 4.69) is 23.1 Å². The fraction of sp³-hybridized carbons (Fsp3) is 1.00. The summed E-state index contributed by atoms with van der Waals surface area (Å²) < 4.78 is 27.3. The average molecular weight is 355 g/mol. The van der Waals surface area contributed by atoms with Crippen molar-refractivity contribution in [1.29, 1.82) is 0 Å². The molecule has 8 atom stereocenters. The van der Waals surface area contributed by atoms with Gasteiger partial charge in [-0.25, -0.2) is 4.39 Å². The summed E-state index contributed by atoms with van der Waals surface area (Å²) in [7, 11) is 0. The maximum atomic E-state index is 15.3. The lowest BCUT2D eigenvalue weighted by Crippen LogP contribution is -2.48. The molecule has 2 saturated carbocycles. The number of rotatable bonds is 0. The summed E-state index contributed by atoms with van der Waals surface area (Å²) in [5.41, 5.74) is 6.95. The van der Waals surface area contributed by atoms with Crippen LogP contribution < -0.4 is 16.2 Å². The molecule has 4 fully saturated rings. The molecule has 5 nitrogen and oxygen atoms in total. The highest BCUT2D eigenvalue weighted by Crippen LogP contribution is 2.42. The molecule has 7 unspecified atom stereocenters. The molecule has 4 bridgehead atoms. The van der Waals surface area contributed by atoms with Crippen LogP contribution >= 0.6 is 0 Å². The number of ether oxygens (including phenoxy) is 2. The van der Waals surface area contributed by atoms with Crippen LogP contribution in [0.1, 0.15) is 51.9 Å². The van der Waals surface area contributed by atoms with Crippen molar-refractivity contribution in [2.45, 2.75) is 82.3 Å². The van der Waals surface area contributed by atoms with E-state index in [1.807, 2.05) is 0 Å². The van der Waals surface area contributed by atoms with Gasteiger partial charge in [-0.15, -0.1) is 0 Å². The smallest absolute Gasteiger partial charge is 0.109 e. The van der Waals surface area contributed by atoms with E-state index in [4.69, 9.17) is 9.47 Å². The first-order valence-electron chi connectivity index (χ1n) is 10.3. The van der Waals surface area contributed by atoms with Gasteiger partial charge < -0.3 is 9.47 Å². The Kier molecular flexibility index (Phi) is 5.92. The Morgan fingerprint density at radius 2 is 1.92 bits per heavy atom. The quantitative estimate of drug-likeness (QED) is 0.622. The predicted octanol–water partition coefficient (Wildman–Crippen LogP) is 2.13. The van der Waals surface area contributed by atoms with Crippen LogP contribution in [0, 0.1) is 17.8 Å². The summed E-state index contributed by atoms with van der Waals surface area (Å²) in [6.07, 6.45) is 7.14. The number of alkyl halides is 1. The van der Waals surface area contributed by atoms with Crippen molar-refractivity contribution < 1.29 is 13.9 Å². The molecule has 0 aromatic heterocycles. The van der Waals surface area contributed by atoms with Crippen LogP contribution in [0.3, 0.4) is 0 Å². The topological polar surface area (TPSA) is 54.5 Å². The van der Waals surface area contributed by atoms with Gasteiger partial charge in [0.05, 0.1) is 25.5 Å². The number of hydrogen-bond donors (Lipinski definition) is 3. The van der Waals surface area contributed by atoms with Gasteiger partial charge in [-0.1, -0.05) is 6.42 Å². The molecule has 0 amide bonds.